The van der Waals surface area contributed by atoms with Gasteiger partial charge in [0.05, 0.1) is 6.07 Å². The number of nitriles is 1. The van der Waals surface area contributed by atoms with Gasteiger partial charge in [-0.15, -0.1) is 0 Å². The number of carbonyl (C=O) groups is 1. The number of rotatable bonds is 2. The molecule has 0 atom stereocenters. The van der Waals surface area contributed by atoms with E-state index in [1.54, 1.807) is 4.90 Å². The molecule has 13 heavy (non-hydrogen) atoms. The molecule has 0 aliphatic carbocycles. The molecule has 1 heterocycles. The highest BCUT2D eigenvalue weighted by molar-refractivity contribution is 5.87. The van der Waals surface area contributed by atoms with Crippen molar-refractivity contribution in [1.29, 1.82) is 5.26 Å². The fourth-order valence-corrected chi connectivity index (χ4v) is 1.62. The van der Waals surface area contributed by atoms with Crippen LogP contribution in [0.1, 0.15) is 19.3 Å². The maximum absolute atomic E-state index is 11.2. The molecule has 1 saturated heterocycles. The van der Waals surface area contributed by atoms with Crippen molar-refractivity contribution < 1.29 is 4.79 Å². The number of carbonyl (C=O) groups excluding carboxylic acids is 1. The Morgan fingerprint density at radius 1 is 1.62 bits per heavy atom. The molecule has 0 aromatic heterocycles. The lowest BCUT2D eigenvalue weighted by atomic mass is 9.94. The molecular weight excluding hydrogens is 164 g/mol. The second kappa shape index (κ2) is 4.66. The van der Waals surface area contributed by atoms with E-state index >= 15 is 0 Å². The highest BCUT2D eigenvalue weighted by Crippen LogP contribution is 2.19. The van der Waals surface area contributed by atoms with E-state index in [1.807, 2.05) is 0 Å². The van der Waals surface area contributed by atoms with Crippen LogP contribution in [-0.2, 0) is 4.79 Å². The van der Waals surface area contributed by atoms with Crippen LogP contribution in [0.3, 0.4) is 0 Å². The van der Waals surface area contributed by atoms with Gasteiger partial charge >= 0.3 is 0 Å². The Kier molecular flexibility index (Phi) is 3.51. The SMILES string of the molecule is C=CC(=O)N1CCC(CC#N)CC1. The second-order valence-corrected chi connectivity index (χ2v) is 3.34. The molecule has 0 saturated carbocycles. The average molecular weight is 178 g/mol. The predicted octanol–water partition coefficient (Wildman–Crippen LogP) is 1.32. The lowest BCUT2D eigenvalue weighted by molar-refractivity contribution is -0.127. The maximum Gasteiger partial charge on any atom is 0.245 e. The highest BCUT2D eigenvalue weighted by atomic mass is 16.2. The number of nitrogens with zero attached hydrogens (tertiary/aromatic N) is 2. The first-order chi connectivity index (χ1) is 6.27. The largest absolute Gasteiger partial charge is 0.339 e. The normalized spacial score (nSPS) is 17.9. The second-order valence-electron chi connectivity index (χ2n) is 3.34. The maximum atomic E-state index is 11.2. The smallest absolute Gasteiger partial charge is 0.245 e. The van der Waals surface area contributed by atoms with E-state index in [9.17, 15) is 4.79 Å². The van der Waals surface area contributed by atoms with E-state index in [1.165, 1.54) is 6.08 Å². The molecule has 0 bridgehead atoms. The number of hydrogen-bond donors (Lipinski definition) is 0. The van der Waals surface area contributed by atoms with Gasteiger partial charge in [0.2, 0.25) is 5.91 Å². The van der Waals surface area contributed by atoms with Gasteiger partial charge in [-0.05, 0) is 24.8 Å². The molecule has 0 unspecified atom stereocenters. The van der Waals surface area contributed by atoms with Crippen LogP contribution in [-0.4, -0.2) is 23.9 Å². The van der Waals surface area contributed by atoms with Gasteiger partial charge in [-0.1, -0.05) is 6.58 Å². The first kappa shape index (κ1) is 9.79. The molecule has 3 heteroatoms. The Morgan fingerprint density at radius 2 is 2.23 bits per heavy atom. The van der Waals surface area contributed by atoms with Gasteiger partial charge in [-0.2, -0.15) is 5.26 Å². The van der Waals surface area contributed by atoms with Gasteiger partial charge in [0.1, 0.15) is 0 Å². The first-order valence-corrected chi connectivity index (χ1v) is 4.56. The number of likely N-dealkylation sites (tertiary alicyclic amines) is 1. The quantitative estimate of drug-likeness (QED) is 0.599. The van der Waals surface area contributed by atoms with Crippen LogP contribution >= 0.6 is 0 Å². The summed E-state index contributed by atoms with van der Waals surface area (Å²) in [5.74, 6) is 0.495. The molecule has 0 aromatic rings. The van der Waals surface area contributed by atoms with Crippen LogP contribution in [0.25, 0.3) is 0 Å². The lowest BCUT2D eigenvalue weighted by Gasteiger charge is -2.30. The molecule has 0 N–H and O–H groups in total. The van der Waals surface area contributed by atoms with Crippen LogP contribution in [0.15, 0.2) is 12.7 Å². The number of piperidine rings is 1. The van der Waals surface area contributed by atoms with Crippen LogP contribution < -0.4 is 0 Å². The zero-order chi connectivity index (χ0) is 9.68. The summed E-state index contributed by atoms with van der Waals surface area (Å²) >= 11 is 0. The van der Waals surface area contributed by atoms with Crippen molar-refractivity contribution in [3.05, 3.63) is 12.7 Å². The van der Waals surface area contributed by atoms with Crippen LogP contribution in [0.2, 0.25) is 0 Å². The van der Waals surface area contributed by atoms with Crippen molar-refractivity contribution in [3.8, 4) is 6.07 Å². The summed E-state index contributed by atoms with van der Waals surface area (Å²) in [5, 5.41) is 8.49. The van der Waals surface area contributed by atoms with E-state index in [-0.39, 0.29) is 5.91 Å². The Morgan fingerprint density at radius 3 is 2.69 bits per heavy atom. The van der Waals surface area contributed by atoms with E-state index in [0.29, 0.717) is 12.3 Å². The van der Waals surface area contributed by atoms with Gasteiger partial charge in [0.25, 0.3) is 0 Å². The van der Waals surface area contributed by atoms with E-state index in [0.717, 1.165) is 25.9 Å². The van der Waals surface area contributed by atoms with Gasteiger partial charge in [-0.3, -0.25) is 4.79 Å². The molecule has 1 amide bonds. The average Bonchev–Trinajstić information content (AvgIpc) is 2.18. The third-order valence-electron chi connectivity index (χ3n) is 2.48. The van der Waals surface area contributed by atoms with Crippen molar-refractivity contribution in [2.75, 3.05) is 13.1 Å². The number of hydrogen-bond acceptors (Lipinski definition) is 2. The minimum absolute atomic E-state index is 0.00964. The third kappa shape index (κ3) is 2.59. The van der Waals surface area contributed by atoms with Crippen LogP contribution in [0.4, 0.5) is 0 Å². The monoisotopic (exact) mass is 178 g/mol. The van der Waals surface area contributed by atoms with Crippen molar-refractivity contribution >= 4 is 5.91 Å². The summed E-state index contributed by atoms with van der Waals surface area (Å²) in [6, 6.07) is 2.17. The van der Waals surface area contributed by atoms with E-state index in [4.69, 9.17) is 5.26 Å². The summed E-state index contributed by atoms with van der Waals surface area (Å²) in [6.07, 6.45) is 3.88. The van der Waals surface area contributed by atoms with Gasteiger partial charge in [-0.25, -0.2) is 0 Å². The number of amides is 1. The molecule has 3 nitrogen and oxygen atoms in total. The topological polar surface area (TPSA) is 44.1 Å². The van der Waals surface area contributed by atoms with Gasteiger partial charge in [0.15, 0.2) is 0 Å². The van der Waals surface area contributed by atoms with Crippen molar-refractivity contribution in [1.82, 2.24) is 4.90 Å². The van der Waals surface area contributed by atoms with Gasteiger partial charge in [0, 0.05) is 19.5 Å². The van der Waals surface area contributed by atoms with Crippen LogP contribution in [0, 0.1) is 17.2 Å². The summed E-state index contributed by atoms with van der Waals surface area (Å²) in [7, 11) is 0. The van der Waals surface area contributed by atoms with E-state index < -0.39 is 0 Å². The van der Waals surface area contributed by atoms with Crippen molar-refractivity contribution in [3.63, 3.8) is 0 Å². The van der Waals surface area contributed by atoms with Crippen LogP contribution in [0.5, 0.6) is 0 Å². The Bertz CT molecular complexity index is 234. The molecule has 0 spiro atoms. The minimum Gasteiger partial charge on any atom is -0.339 e. The molecular formula is C10H14N2O. The van der Waals surface area contributed by atoms with Crippen molar-refractivity contribution in [2.24, 2.45) is 5.92 Å². The fraction of sp³-hybridized carbons (Fsp3) is 0.600. The summed E-state index contributed by atoms with van der Waals surface area (Å²) < 4.78 is 0. The molecule has 0 radical (unpaired) electrons. The Hall–Kier alpha value is -1.30. The molecule has 1 aliphatic heterocycles. The molecule has 0 aromatic carbocycles. The van der Waals surface area contributed by atoms with E-state index in [2.05, 4.69) is 12.6 Å². The third-order valence-corrected chi connectivity index (χ3v) is 2.48. The molecule has 1 fully saturated rings. The predicted molar refractivity (Wildman–Crippen MR) is 49.7 cm³/mol. The Labute approximate surface area is 78.6 Å². The zero-order valence-electron chi connectivity index (χ0n) is 7.70. The zero-order valence-corrected chi connectivity index (χ0v) is 7.70. The highest BCUT2D eigenvalue weighted by Gasteiger charge is 2.20. The molecule has 1 aliphatic rings. The standard InChI is InChI=1S/C10H14N2O/c1-2-10(13)12-7-4-9(3-6-11)5-8-12/h2,9H,1,3-5,7-8H2. The summed E-state index contributed by atoms with van der Waals surface area (Å²) in [4.78, 5) is 13.0. The summed E-state index contributed by atoms with van der Waals surface area (Å²) in [6.45, 7) is 5.00. The first-order valence-electron chi connectivity index (χ1n) is 4.56. The van der Waals surface area contributed by atoms with Crippen molar-refractivity contribution in [2.45, 2.75) is 19.3 Å². The summed E-state index contributed by atoms with van der Waals surface area (Å²) in [5.41, 5.74) is 0. The Balaban J connectivity index is 2.35. The molecule has 1 rings (SSSR count). The lowest BCUT2D eigenvalue weighted by Crippen LogP contribution is -2.37. The van der Waals surface area contributed by atoms with Gasteiger partial charge < -0.3 is 4.90 Å². The minimum atomic E-state index is 0.00964. The fourth-order valence-electron chi connectivity index (χ4n) is 1.62. The molecule has 70 valence electrons.